The molecule has 0 fully saturated rings. The van der Waals surface area contributed by atoms with Crippen molar-refractivity contribution < 1.29 is 176 Å². The van der Waals surface area contributed by atoms with Crippen LogP contribution in [0.1, 0.15) is 193 Å². The average Bonchev–Trinajstić information content (AvgIpc) is 3.31. The Kier molecular flexibility index (Phi) is 17.4. The fourth-order valence-electron chi connectivity index (χ4n) is 6.97. The van der Waals surface area contributed by atoms with Crippen molar-refractivity contribution in [1.29, 1.82) is 0 Å². The van der Waals surface area contributed by atoms with Gasteiger partial charge in [-0.3, -0.25) is 0 Å². The van der Waals surface area contributed by atoms with Crippen LogP contribution >= 0.6 is 0 Å². The van der Waals surface area contributed by atoms with Crippen LogP contribution in [0.15, 0.2) is 12.7 Å². The number of ether oxygens (including phenoxy) is 4. The maximum absolute atomic E-state index is 14.5. The van der Waals surface area contributed by atoms with E-state index in [9.17, 15) is 157 Å². The van der Waals surface area contributed by atoms with Gasteiger partial charge >= 0.3 is 113 Å². The van der Waals surface area contributed by atoms with Gasteiger partial charge in [0.05, 0.1) is 100 Å². The molecule has 406 valence electrons. The third-order valence-electron chi connectivity index (χ3n) is 9.60. The highest BCUT2D eigenvalue weighted by Gasteiger charge is 2.47. The molecule has 13 N–H and O–H groups in total. The minimum Gasteiger partial charge on any atom is -0.478 e. The Balaban J connectivity index is 2.84. The number of carboxylic acids is 13. The molecule has 0 amide bonds. The van der Waals surface area contributed by atoms with Crippen molar-refractivity contribution in [3.05, 3.63) is 113 Å². The lowest BCUT2D eigenvalue weighted by atomic mass is 9.85. The van der Waals surface area contributed by atoms with Crippen LogP contribution in [-0.4, -0.2) is 193 Å². The summed E-state index contributed by atoms with van der Waals surface area (Å²) in [6.07, 6.45) is -1.28. The Labute approximate surface area is 421 Å². The lowest BCUT2D eigenvalue weighted by molar-refractivity contribution is -0.144. The molecule has 36 nitrogen and oxygen atoms in total. The lowest BCUT2D eigenvalue weighted by Crippen LogP contribution is -2.33. The van der Waals surface area contributed by atoms with Crippen LogP contribution < -0.4 is 0 Å². The summed E-state index contributed by atoms with van der Waals surface area (Å²) in [5.41, 5.74) is -43.7. The number of hydrogen-bond donors (Lipinski definition) is 13. The van der Waals surface area contributed by atoms with Crippen molar-refractivity contribution in [3.63, 3.8) is 0 Å². The number of carboxylic acid groups (broad SMARTS) is 13. The van der Waals surface area contributed by atoms with Crippen LogP contribution in [0.3, 0.4) is 0 Å². The molecule has 0 saturated carbocycles. The van der Waals surface area contributed by atoms with Crippen molar-refractivity contribution in [2.24, 2.45) is 0 Å². The molecule has 0 aliphatic carbocycles. The molecular formula is C42H22O36. The topological polar surface area (TPSA) is 624 Å². The fraction of sp³-hybridized carbons (Fsp3) is 0.0714. The number of esters is 6. The Hall–Kier alpha value is -12.3. The zero-order valence-corrected chi connectivity index (χ0v) is 37.3. The second-order valence-corrected chi connectivity index (χ2v) is 14.1. The first-order valence-electron chi connectivity index (χ1n) is 19.2. The summed E-state index contributed by atoms with van der Waals surface area (Å²) >= 11 is 0. The summed E-state index contributed by atoms with van der Waals surface area (Å²) in [7, 11) is 0. The Bertz CT molecular complexity index is 3360. The number of benzene rings is 3. The predicted octanol–water partition coefficient (Wildman–Crippen LogP) is 0.0321. The smallest absolute Gasteiger partial charge is 0.347 e. The highest BCUT2D eigenvalue weighted by molar-refractivity contribution is 6.29. The van der Waals surface area contributed by atoms with Crippen molar-refractivity contribution in [1.82, 2.24) is 0 Å². The van der Waals surface area contributed by atoms with E-state index in [1.54, 1.807) is 0 Å². The van der Waals surface area contributed by atoms with Gasteiger partial charge in [0.15, 0.2) is 0 Å². The maximum Gasteiger partial charge on any atom is 0.347 e. The molecule has 0 radical (unpaired) electrons. The second-order valence-electron chi connectivity index (χ2n) is 14.1. The Morgan fingerprint density at radius 1 is 0.308 bits per heavy atom. The van der Waals surface area contributed by atoms with Crippen LogP contribution in [0, 0.1) is 0 Å². The Morgan fingerprint density at radius 2 is 0.462 bits per heavy atom. The van der Waals surface area contributed by atoms with E-state index in [-0.39, 0.29) is 0 Å². The number of rotatable bonds is 22. The molecule has 3 aromatic rings. The zero-order valence-electron chi connectivity index (χ0n) is 37.3. The molecule has 0 spiro atoms. The number of aromatic carboxylic acids is 13. The molecule has 0 aliphatic rings. The molecule has 1 unspecified atom stereocenters. The van der Waals surface area contributed by atoms with Gasteiger partial charge in [0.2, 0.25) is 0 Å². The van der Waals surface area contributed by atoms with Gasteiger partial charge in [-0.15, -0.1) is 0 Å². The molecule has 78 heavy (non-hydrogen) atoms. The summed E-state index contributed by atoms with van der Waals surface area (Å²) in [5.74, 6) is -53.9. The van der Waals surface area contributed by atoms with Crippen LogP contribution in [0.5, 0.6) is 0 Å². The van der Waals surface area contributed by atoms with Crippen LogP contribution in [0.4, 0.5) is 0 Å². The van der Waals surface area contributed by atoms with Crippen molar-refractivity contribution >= 4 is 113 Å². The van der Waals surface area contributed by atoms with Gasteiger partial charge in [-0.2, -0.15) is 0 Å². The van der Waals surface area contributed by atoms with E-state index in [4.69, 9.17) is 4.74 Å². The minimum atomic E-state index is -3.22. The van der Waals surface area contributed by atoms with Gasteiger partial charge in [0.25, 0.3) is 0 Å². The minimum absolute atomic E-state index is 0.485. The summed E-state index contributed by atoms with van der Waals surface area (Å²) in [4.78, 5) is 245. The number of hydrogen-bond acceptors (Lipinski definition) is 23. The molecule has 36 heteroatoms. The predicted molar refractivity (Wildman–Crippen MR) is 225 cm³/mol. The molecule has 0 saturated heterocycles. The van der Waals surface area contributed by atoms with Gasteiger partial charge < -0.3 is 85.3 Å². The molecular weight excluding hydrogens is 1080 g/mol. The molecule has 3 rings (SSSR count). The molecule has 3 aromatic carbocycles. The molecule has 1 atom stereocenters. The standard InChI is InChI=1S/C42H22O36/c1-3-6(43)76-5(2)4-75-38(70)22-18(36(66)67)13(31(56)57)19(37(68)69)23(41(73)77-39(71)20-14(32(58)59)9(27(48)49)7(25(44)45)10(28(50)51)15(20)33(60)61)24(22)42(74)78-40(72)21-16(34(62)63)11(29(52)53)8(26(46)47)12(30(54)55)17(21)35(64)65/h3,5H,1,4H2,2H3,(H,44,45)(H,46,47)(H,48,49)(H,50,51)(H,52,53)(H,54,55)(H,56,57)(H,58,59)(H,60,61)(H,62,63)(H,64,65)(H,66,67)(H,68,69). The van der Waals surface area contributed by atoms with E-state index in [1.165, 1.54) is 0 Å². The van der Waals surface area contributed by atoms with E-state index in [0.29, 0.717) is 6.08 Å². The Morgan fingerprint density at radius 3 is 0.641 bits per heavy atom. The van der Waals surface area contributed by atoms with Gasteiger partial charge in [0.1, 0.15) is 12.7 Å². The first kappa shape index (κ1) is 60.0. The quantitative estimate of drug-likeness (QED) is 0.0273. The third-order valence-corrected chi connectivity index (χ3v) is 9.60. The van der Waals surface area contributed by atoms with E-state index in [0.717, 1.165) is 6.92 Å². The molecule has 0 bridgehead atoms. The average molecular weight is 1100 g/mol. The summed E-state index contributed by atoms with van der Waals surface area (Å²) in [6.45, 7) is 2.45. The number of carbonyl (C=O) groups is 19. The van der Waals surface area contributed by atoms with E-state index >= 15 is 0 Å². The molecule has 0 aliphatic heterocycles. The SMILES string of the molecule is C=CC(=O)OC(C)COC(=O)c1c(C(=O)O)c(C(=O)O)c(C(=O)O)c(C(=O)OC(=O)c2c(C(=O)O)c(C(=O)O)c(C(=O)O)c(C(=O)O)c2C(=O)O)c1C(=O)OC(=O)c1c(C(=O)O)c(C(=O)O)c(C(=O)O)c(C(=O)O)c1C(=O)O. The maximum atomic E-state index is 14.5. The van der Waals surface area contributed by atoms with Gasteiger partial charge in [-0.1, -0.05) is 6.58 Å². The van der Waals surface area contributed by atoms with Crippen LogP contribution in [0.2, 0.25) is 0 Å². The summed E-state index contributed by atoms with van der Waals surface area (Å²) < 4.78 is 18.1. The van der Waals surface area contributed by atoms with Crippen molar-refractivity contribution in [2.75, 3.05) is 6.61 Å². The zero-order chi connectivity index (χ0) is 60.2. The number of carbonyl (C=O) groups excluding carboxylic acids is 6. The first-order valence-corrected chi connectivity index (χ1v) is 19.2. The van der Waals surface area contributed by atoms with Gasteiger partial charge in [-0.25, -0.2) is 91.1 Å². The van der Waals surface area contributed by atoms with E-state index in [2.05, 4.69) is 20.8 Å². The van der Waals surface area contributed by atoms with E-state index < -0.39 is 226 Å². The van der Waals surface area contributed by atoms with Gasteiger partial charge in [-0.05, 0) is 6.92 Å². The molecule has 0 heterocycles. The third kappa shape index (κ3) is 11.0. The summed E-state index contributed by atoms with van der Waals surface area (Å²) in [6, 6.07) is 0. The largest absolute Gasteiger partial charge is 0.478 e. The normalized spacial score (nSPS) is 10.8. The highest BCUT2D eigenvalue weighted by atomic mass is 16.6. The first-order chi connectivity index (χ1) is 35.9. The highest BCUT2D eigenvalue weighted by Crippen LogP contribution is 2.36. The van der Waals surface area contributed by atoms with Gasteiger partial charge in [0, 0.05) is 6.08 Å². The van der Waals surface area contributed by atoms with Crippen LogP contribution in [0.25, 0.3) is 0 Å². The summed E-state index contributed by atoms with van der Waals surface area (Å²) in [5, 5.41) is 130. The van der Waals surface area contributed by atoms with Crippen LogP contribution in [-0.2, 0) is 23.7 Å². The van der Waals surface area contributed by atoms with E-state index in [1.807, 2.05) is 0 Å². The monoisotopic (exact) mass is 1100 g/mol. The van der Waals surface area contributed by atoms with Crippen molar-refractivity contribution in [2.45, 2.75) is 13.0 Å². The lowest BCUT2D eigenvalue weighted by Gasteiger charge is -2.21. The van der Waals surface area contributed by atoms with Crippen molar-refractivity contribution in [3.8, 4) is 0 Å². The second kappa shape index (κ2) is 22.7. The fourth-order valence-corrected chi connectivity index (χ4v) is 6.97. The molecule has 0 aromatic heterocycles.